The number of hydrogen-bond acceptors (Lipinski definition) is 5. The van der Waals surface area contributed by atoms with Crippen LogP contribution in [0.5, 0.6) is 0 Å². The number of rotatable bonds is 4. The molecule has 0 unspecified atom stereocenters. The minimum atomic E-state index is 0. The largest absolute Gasteiger partial charge is 0.407 e. The van der Waals surface area contributed by atoms with Crippen molar-refractivity contribution < 1.29 is 4.42 Å². The lowest BCUT2D eigenvalue weighted by Gasteiger charge is -2.32. The van der Waals surface area contributed by atoms with Crippen LogP contribution in [0.2, 0.25) is 0 Å². The quantitative estimate of drug-likeness (QED) is 0.907. The lowest BCUT2D eigenvalue weighted by atomic mass is 9.80. The van der Waals surface area contributed by atoms with Crippen molar-refractivity contribution in [2.75, 3.05) is 5.32 Å². The van der Waals surface area contributed by atoms with E-state index < -0.39 is 0 Å². The molecule has 1 aliphatic carbocycles. The zero-order valence-electron chi connectivity index (χ0n) is 11.9. The van der Waals surface area contributed by atoms with E-state index in [9.17, 15) is 0 Å². The normalized spacial score (nSPS) is 21.6. The molecular weight excluding hydrogens is 288 g/mol. The first-order valence-corrected chi connectivity index (χ1v) is 7.21. The molecule has 21 heavy (non-hydrogen) atoms. The van der Waals surface area contributed by atoms with Crippen molar-refractivity contribution in [1.82, 2.24) is 10.2 Å². The molecule has 1 saturated carbocycles. The SMILES string of the molecule is Cl.NCc1nnc(N[C@@H]2CCCC[C@H]2c2ccccc2)o1. The molecule has 3 rings (SSSR count). The van der Waals surface area contributed by atoms with Crippen molar-refractivity contribution in [3.63, 3.8) is 0 Å². The van der Waals surface area contributed by atoms with Crippen molar-refractivity contribution >= 4 is 18.4 Å². The Labute approximate surface area is 130 Å². The van der Waals surface area contributed by atoms with Crippen LogP contribution in [-0.2, 0) is 6.54 Å². The summed E-state index contributed by atoms with van der Waals surface area (Å²) in [5, 5.41) is 11.3. The van der Waals surface area contributed by atoms with Gasteiger partial charge in [0, 0.05) is 12.0 Å². The van der Waals surface area contributed by atoms with Gasteiger partial charge >= 0.3 is 6.01 Å². The molecule has 1 fully saturated rings. The zero-order chi connectivity index (χ0) is 13.8. The van der Waals surface area contributed by atoms with Gasteiger partial charge in [-0.05, 0) is 18.4 Å². The van der Waals surface area contributed by atoms with E-state index >= 15 is 0 Å². The molecule has 0 aliphatic heterocycles. The first-order chi connectivity index (χ1) is 9.86. The highest BCUT2D eigenvalue weighted by Gasteiger charge is 2.27. The standard InChI is InChI=1S/C15H20N4O.ClH/c16-10-14-18-19-15(20-14)17-13-9-5-4-8-12(13)11-6-2-1-3-7-11;/h1-3,6-7,12-13H,4-5,8-10,16H2,(H,17,19);1H/t12-,13+;/m0./s1. The van der Waals surface area contributed by atoms with Gasteiger partial charge < -0.3 is 15.5 Å². The van der Waals surface area contributed by atoms with Crippen LogP contribution in [-0.4, -0.2) is 16.2 Å². The molecule has 6 heteroatoms. The Balaban J connectivity index is 0.00000161. The average Bonchev–Trinajstić information content (AvgIpc) is 2.96. The molecule has 1 heterocycles. The van der Waals surface area contributed by atoms with Gasteiger partial charge in [-0.1, -0.05) is 48.3 Å². The molecule has 1 aromatic heterocycles. The summed E-state index contributed by atoms with van der Waals surface area (Å²) in [4.78, 5) is 0. The molecule has 114 valence electrons. The van der Waals surface area contributed by atoms with Crippen molar-refractivity contribution in [2.24, 2.45) is 5.73 Å². The molecule has 1 aliphatic rings. The smallest absolute Gasteiger partial charge is 0.315 e. The number of benzene rings is 1. The highest BCUT2D eigenvalue weighted by Crippen LogP contribution is 2.34. The molecule has 0 saturated heterocycles. The van der Waals surface area contributed by atoms with Gasteiger partial charge in [-0.25, -0.2) is 0 Å². The maximum atomic E-state index is 5.49. The minimum Gasteiger partial charge on any atom is -0.407 e. The Morgan fingerprint density at radius 3 is 2.62 bits per heavy atom. The van der Waals surface area contributed by atoms with Gasteiger partial charge in [0.1, 0.15) is 0 Å². The number of anilines is 1. The molecule has 2 aromatic rings. The number of nitrogens with one attached hydrogen (secondary N) is 1. The van der Waals surface area contributed by atoms with E-state index in [1.165, 1.54) is 24.8 Å². The topological polar surface area (TPSA) is 77.0 Å². The van der Waals surface area contributed by atoms with E-state index in [4.69, 9.17) is 10.2 Å². The fourth-order valence-corrected chi connectivity index (χ4v) is 2.96. The highest BCUT2D eigenvalue weighted by atomic mass is 35.5. The second-order valence-corrected chi connectivity index (χ2v) is 5.26. The van der Waals surface area contributed by atoms with Crippen LogP contribution in [0.25, 0.3) is 0 Å². The predicted molar refractivity (Wildman–Crippen MR) is 84.5 cm³/mol. The summed E-state index contributed by atoms with van der Waals surface area (Å²) in [6.45, 7) is 0.279. The third-order valence-corrected chi connectivity index (χ3v) is 3.94. The van der Waals surface area contributed by atoms with Crippen LogP contribution in [0.1, 0.15) is 43.1 Å². The second-order valence-electron chi connectivity index (χ2n) is 5.26. The first-order valence-electron chi connectivity index (χ1n) is 7.21. The number of nitrogens with two attached hydrogens (primary N) is 1. The molecule has 3 N–H and O–H groups in total. The molecule has 0 bridgehead atoms. The van der Waals surface area contributed by atoms with Gasteiger partial charge in [0.25, 0.3) is 0 Å². The molecule has 0 spiro atoms. The predicted octanol–water partition coefficient (Wildman–Crippen LogP) is 3.09. The Morgan fingerprint density at radius 2 is 1.90 bits per heavy atom. The average molecular weight is 309 g/mol. The number of aromatic nitrogens is 2. The van der Waals surface area contributed by atoms with Crippen molar-refractivity contribution in [3.05, 3.63) is 41.8 Å². The summed E-state index contributed by atoms with van der Waals surface area (Å²) in [6, 6.07) is 11.5. The number of nitrogens with zero attached hydrogens (tertiary/aromatic N) is 2. The van der Waals surface area contributed by atoms with E-state index in [0.29, 0.717) is 23.9 Å². The molecule has 5 nitrogen and oxygen atoms in total. The third kappa shape index (κ3) is 3.74. The van der Waals surface area contributed by atoms with Crippen LogP contribution in [0.15, 0.2) is 34.7 Å². The number of hydrogen-bond donors (Lipinski definition) is 2. The summed E-state index contributed by atoms with van der Waals surface area (Å²) in [7, 11) is 0. The van der Waals surface area contributed by atoms with Crippen molar-refractivity contribution in [3.8, 4) is 0 Å². The van der Waals surface area contributed by atoms with Gasteiger partial charge in [-0.15, -0.1) is 17.5 Å². The Bertz CT molecular complexity index is 546. The van der Waals surface area contributed by atoms with Crippen LogP contribution >= 0.6 is 12.4 Å². The molecule has 0 amide bonds. The maximum absolute atomic E-state index is 5.49. The van der Waals surface area contributed by atoms with Crippen LogP contribution in [0.4, 0.5) is 6.01 Å². The Morgan fingerprint density at radius 1 is 1.14 bits per heavy atom. The molecule has 1 aromatic carbocycles. The lowest BCUT2D eigenvalue weighted by Crippen LogP contribution is -2.30. The summed E-state index contributed by atoms with van der Waals surface area (Å²) in [5.74, 6) is 0.970. The maximum Gasteiger partial charge on any atom is 0.315 e. The Kier molecular flexibility index (Phi) is 5.59. The van der Waals surface area contributed by atoms with Crippen LogP contribution in [0.3, 0.4) is 0 Å². The molecule has 0 radical (unpaired) electrons. The fourth-order valence-electron chi connectivity index (χ4n) is 2.96. The number of halogens is 1. The van der Waals surface area contributed by atoms with E-state index in [2.05, 4.69) is 45.8 Å². The summed E-state index contributed by atoms with van der Waals surface area (Å²) in [6.07, 6.45) is 4.83. The monoisotopic (exact) mass is 308 g/mol. The molecule has 2 atom stereocenters. The van der Waals surface area contributed by atoms with E-state index in [0.717, 1.165) is 6.42 Å². The lowest BCUT2D eigenvalue weighted by molar-refractivity contribution is 0.393. The van der Waals surface area contributed by atoms with Gasteiger partial charge in [-0.2, -0.15) is 0 Å². The van der Waals surface area contributed by atoms with E-state index in [1.54, 1.807) is 0 Å². The zero-order valence-corrected chi connectivity index (χ0v) is 12.7. The van der Waals surface area contributed by atoms with Gasteiger partial charge in [0.2, 0.25) is 5.89 Å². The summed E-state index contributed by atoms with van der Waals surface area (Å²) in [5.41, 5.74) is 6.87. The first kappa shape index (κ1) is 15.8. The van der Waals surface area contributed by atoms with Gasteiger partial charge in [-0.3, -0.25) is 0 Å². The summed E-state index contributed by atoms with van der Waals surface area (Å²) >= 11 is 0. The van der Waals surface area contributed by atoms with E-state index in [-0.39, 0.29) is 19.0 Å². The van der Waals surface area contributed by atoms with Gasteiger partial charge in [0.05, 0.1) is 6.54 Å². The summed E-state index contributed by atoms with van der Waals surface area (Å²) < 4.78 is 5.46. The third-order valence-electron chi connectivity index (χ3n) is 3.94. The van der Waals surface area contributed by atoms with Crippen molar-refractivity contribution in [2.45, 2.75) is 44.2 Å². The van der Waals surface area contributed by atoms with Gasteiger partial charge in [0.15, 0.2) is 0 Å². The Hall–Kier alpha value is -1.59. The molecular formula is C15H21ClN4O. The second kappa shape index (κ2) is 7.43. The van der Waals surface area contributed by atoms with Crippen LogP contribution in [0, 0.1) is 0 Å². The fraction of sp³-hybridized carbons (Fsp3) is 0.467. The van der Waals surface area contributed by atoms with E-state index in [1.807, 2.05) is 0 Å². The van der Waals surface area contributed by atoms with Crippen molar-refractivity contribution in [1.29, 1.82) is 0 Å². The minimum absolute atomic E-state index is 0. The highest BCUT2D eigenvalue weighted by molar-refractivity contribution is 5.85. The van der Waals surface area contributed by atoms with Crippen LogP contribution < -0.4 is 11.1 Å².